The Morgan fingerprint density at radius 2 is 2.28 bits per heavy atom. The third-order valence-electron chi connectivity index (χ3n) is 3.67. The molecule has 3 atom stereocenters. The highest BCUT2D eigenvalue weighted by Gasteiger charge is 2.40. The van der Waals surface area contributed by atoms with Crippen molar-refractivity contribution in [1.82, 2.24) is 10.6 Å². The first kappa shape index (κ1) is 15.6. The van der Waals surface area contributed by atoms with Gasteiger partial charge in [0.2, 0.25) is 5.91 Å². The summed E-state index contributed by atoms with van der Waals surface area (Å²) in [5, 5.41) is 6.38. The van der Waals surface area contributed by atoms with Gasteiger partial charge in [0.25, 0.3) is 0 Å². The molecule has 1 aliphatic heterocycles. The van der Waals surface area contributed by atoms with Crippen LogP contribution in [0.2, 0.25) is 0 Å². The van der Waals surface area contributed by atoms with E-state index in [-0.39, 0.29) is 17.4 Å². The molecule has 0 spiro atoms. The molecule has 1 amide bonds. The van der Waals surface area contributed by atoms with Crippen LogP contribution in [0.25, 0.3) is 0 Å². The van der Waals surface area contributed by atoms with E-state index < -0.39 is 10.8 Å². The van der Waals surface area contributed by atoms with Gasteiger partial charge in [-0.2, -0.15) is 0 Å². The van der Waals surface area contributed by atoms with Crippen LogP contribution in [0.1, 0.15) is 39.5 Å². The molecule has 0 aliphatic carbocycles. The normalized spacial score (nSPS) is 26.8. The van der Waals surface area contributed by atoms with Gasteiger partial charge >= 0.3 is 0 Å². The Kier molecular flexibility index (Phi) is 6.29. The summed E-state index contributed by atoms with van der Waals surface area (Å²) in [6, 6.07) is 0.107. The minimum absolute atomic E-state index is 0.107. The van der Waals surface area contributed by atoms with Crippen LogP contribution in [-0.4, -0.2) is 41.3 Å². The molecule has 0 aromatic heterocycles. The third-order valence-corrected chi connectivity index (χ3v) is 4.48. The van der Waals surface area contributed by atoms with Crippen LogP contribution < -0.4 is 10.6 Å². The molecule has 1 aliphatic rings. The number of carbonyl (C=O) groups is 1. The minimum atomic E-state index is -0.780. The maximum atomic E-state index is 12.4. The second kappa shape index (κ2) is 7.24. The van der Waals surface area contributed by atoms with Crippen molar-refractivity contribution in [1.29, 1.82) is 0 Å². The zero-order valence-electron chi connectivity index (χ0n) is 11.8. The monoisotopic (exact) mass is 274 g/mol. The van der Waals surface area contributed by atoms with Crippen molar-refractivity contribution in [3.63, 3.8) is 0 Å². The second-order valence-electron chi connectivity index (χ2n) is 5.40. The zero-order valence-corrected chi connectivity index (χ0v) is 12.6. The highest BCUT2D eigenvalue weighted by Crippen LogP contribution is 2.31. The van der Waals surface area contributed by atoms with E-state index >= 15 is 0 Å². The molecule has 106 valence electrons. The van der Waals surface area contributed by atoms with E-state index in [1.54, 1.807) is 6.26 Å². The molecule has 0 radical (unpaired) electrons. The molecule has 0 saturated carbocycles. The van der Waals surface area contributed by atoms with Crippen molar-refractivity contribution in [3.8, 4) is 0 Å². The predicted molar refractivity (Wildman–Crippen MR) is 76.0 cm³/mol. The van der Waals surface area contributed by atoms with E-state index in [1.807, 2.05) is 6.92 Å². The Morgan fingerprint density at radius 3 is 2.78 bits per heavy atom. The molecule has 4 nitrogen and oxygen atoms in total. The summed E-state index contributed by atoms with van der Waals surface area (Å²) in [6.45, 7) is 5.84. The number of rotatable bonds is 7. The lowest BCUT2D eigenvalue weighted by atomic mass is 9.81. The lowest BCUT2D eigenvalue weighted by Gasteiger charge is -2.28. The van der Waals surface area contributed by atoms with E-state index in [0.717, 1.165) is 38.8 Å². The molecule has 1 saturated heterocycles. The van der Waals surface area contributed by atoms with E-state index in [4.69, 9.17) is 0 Å². The van der Waals surface area contributed by atoms with E-state index in [0.29, 0.717) is 5.75 Å². The third kappa shape index (κ3) is 4.35. The Morgan fingerprint density at radius 1 is 1.56 bits per heavy atom. The Balaban J connectivity index is 2.49. The maximum absolute atomic E-state index is 12.4. The van der Waals surface area contributed by atoms with Crippen LogP contribution in [0.3, 0.4) is 0 Å². The van der Waals surface area contributed by atoms with Crippen molar-refractivity contribution in [2.24, 2.45) is 5.41 Å². The van der Waals surface area contributed by atoms with Gasteiger partial charge in [0.05, 0.1) is 5.41 Å². The first-order chi connectivity index (χ1) is 8.50. The van der Waals surface area contributed by atoms with Gasteiger partial charge < -0.3 is 10.6 Å². The van der Waals surface area contributed by atoms with Crippen molar-refractivity contribution in [2.75, 3.05) is 25.1 Å². The number of hydrogen-bond acceptors (Lipinski definition) is 3. The highest BCUT2D eigenvalue weighted by molar-refractivity contribution is 7.84. The van der Waals surface area contributed by atoms with Crippen LogP contribution in [0.4, 0.5) is 0 Å². The van der Waals surface area contributed by atoms with Crippen LogP contribution >= 0.6 is 0 Å². The van der Waals surface area contributed by atoms with Crippen molar-refractivity contribution < 1.29 is 9.00 Å². The quantitative estimate of drug-likeness (QED) is 0.729. The fraction of sp³-hybridized carbons (Fsp3) is 0.923. The fourth-order valence-electron chi connectivity index (χ4n) is 2.53. The standard InChI is InChI=1S/C13H26N2O2S/c1-4-6-13(7-8-14-10-13)12(16)15-11(2)5-9-18(3)17/h11,14H,4-10H2,1-3H3,(H,15,16). The summed E-state index contributed by atoms with van der Waals surface area (Å²) in [5.74, 6) is 0.823. The van der Waals surface area contributed by atoms with E-state index in [2.05, 4.69) is 17.6 Å². The maximum Gasteiger partial charge on any atom is 0.227 e. The first-order valence-corrected chi connectivity index (χ1v) is 8.54. The Bertz CT molecular complexity index is 301. The fourth-order valence-corrected chi connectivity index (χ4v) is 3.22. The molecule has 18 heavy (non-hydrogen) atoms. The lowest BCUT2D eigenvalue weighted by Crippen LogP contribution is -2.46. The van der Waals surface area contributed by atoms with Gasteiger partial charge in [-0.3, -0.25) is 9.00 Å². The first-order valence-electron chi connectivity index (χ1n) is 6.82. The molecule has 3 unspecified atom stereocenters. The van der Waals surface area contributed by atoms with Gasteiger partial charge in [0.15, 0.2) is 0 Å². The number of carbonyl (C=O) groups excluding carboxylic acids is 1. The van der Waals surface area contributed by atoms with E-state index in [9.17, 15) is 9.00 Å². The molecule has 0 aromatic carbocycles. The van der Waals surface area contributed by atoms with Gasteiger partial charge in [-0.25, -0.2) is 0 Å². The lowest BCUT2D eigenvalue weighted by molar-refractivity contribution is -0.131. The van der Waals surface area contributed by atoms with Gasteiger partial charge in [0.1, 0.15) is 0 Å². The summed E-state index contributed by atoms with van der Waals surface area (Å²) in [6.07, 6.45) is 5.39. The molecular weight excluding hydrogens is 248 g/mol. The van der Waals surface area contributed by atoms with Gasteiger partial charge in [0, 0.05) is 35.4 Å². The molecule has 2 N–H and O–H groups in total. The molecule has 1 rings (SSSR count). The average Bonchev–Trinajstić information content (AvgIpc) is 2.77. The second-order valence-corrected chi connectivity index (χ2v) is 6.95. The molecular formula is C13H26N2O2S. The van der Waals surface area contributed by atoms with E-state index in [1.165, 1.54) is 0 Å². The van der Waals surface area contributed by atoms with Crippen LogP contribution in [0.15, 0.2) is 0 Å². The summed E-state index contributed by atoms with van der Waals surface area (Å²) >= 11 is 0. The van der Waals surface area contributed by atoms with Crippen LogP contribution in [0.5, 0.6) is 0 Å². The molecule has 1 heterocycles. The smallest absolute Gasteiger partial charge is 0.227 e. The zero-order chi connectivity index (χ0) is 13.6. The minimum Gasteiger partial charge on any atom is -0.353 e. The summed E-state index contributed by atoms with van der Waals surface area (Å²) in [5.41, 5.74) is -0.214. The van der Waals surface area contributed by atoms with Crippen molar-refractivity contribution >= 4 is 16.7 Å². The van der Waals surface area contributed by atoms with Gasteiger partial charge in [-0.15, -0.1) is 0 Å². The van der Waals surface area contributed by atoms with Crippen molar-refractivity contribution in [3.05, 3.63) is 0 Å². The summed E-state index contributed by atoms with van der Waals surface area (Å²) < 4.78 is 11.0. The number of hydrogen-bond donors (Lipinski definition) is 2. The van der Waals surface area contributed by atoms with Crippen LogP contribution in [0, 0.1) is 5.41 Å². The molecule has 5 heteroatoms. The summed E-state index contributed by atoms with van der Waals surface area (Å²) in [7, 11) is -0.780. The highest BCUT2D eigenvalue weighted by atomic mass is 32.2. The average molecular weight is 274 g/mol. The largest absolute Gasteiger partial charge is 0.353 e. The topological polar surface area (TPSA) is 58.2 Å². The van der Waals surface area contributed by atoms with Crippen LogP contribution in [-0.2, 0) is 15.6 Å². The van der Waals surface area contributed by atoms with Gasteiger partial charge in [-0.05, 0) is 32.7 Å². The van der Waals surface area contributed by atoms with Gasteiger partial charge in [-0.1, -0.05) is 13.3 Å². The SMILES string of the molecule is CCCC1(C(=O)NC(C)CCS(C)=O)CCNC1. The summed E-state index contributed by atoms with van der Waals surface area (Å²) in [4.78, 5) is 12.4. The number of nitrogens with one attached hydrogen (secondary N) is 2. The number of amides is 1. The van der Waals surface area contributed by atoms with Crippen molar-refractivity contribution in [2.45, 2.75) is 45.6 Å². The Hall–Kier alpha value is -0.420. The molecule has 1 fully saturated rings. The molecule has 0 bridgehead atoms. The molecule has 0 aromatic rings. The predicted octanol–water partition coefficient (Wildman–Crippen LogP) is 1.04. The Labute approximate surface area is 113 Å².